The molecule has 0 aliphatic carbocycles. The lowest BCUT2D eigenvalue weighted by molar-refractivity contribution is 0.414. The zero-order valence-electron chi connectivity index (χ0n) is 30.9. The van der Waals surface area contributed by atoms with Crippen molar-refractivity contribution in [2.24, 2.45) is 0 Å². The first-order valence-electron chi connectivity index (χ1n) is 17.2. The number of benzene rings is 6. The monoisotopic (exact) mass is 714 g/mol. The Bertz CT molecular complexity index is 1970. The second kappa shape index (κ2) is 16.6. The van der Waals surface area contributed by atoms with Crippen LogP contribution in [0.1, 0.15) is 11.1 Å². The van der Waals surface area contributed by atoms with Crippen molar-refractivity contribution in [1.82, 2.24) is 0 Å². The van der Waals surface area contributed by atoms with E-state index in [1.54, 1.807) is 28.4 Å². The lowest BCUT2D eigenvalue weighted by Gasteiger charge is -2.25. The molecule has 6 aromatic rings. The maximum absolute atomic E-state index is 5.39. The van der Waals surface area contributed by atoms with Crippen molar-refractivity contribution >= 4 is 42.2 Å². The average molecular weight is 715 g/mol. The molecule has 0 atom stereocenters. The lowest BCUT2D eigenvalue weighted by atomic mass is 10.1. The van der Waals surface area contributed by atoms with Gasteiger partial charge < -0.3 is 28.7 Å². The van der Waals surface area contributed by atoms with E-state index in [-0.39, 0.29) is 0 Å². The van der Waals surface area contributed by atoms with Gasteiger partial charge in [-0.2, -0.15) is 0 Å². The quantitative estimate of drug-likeness (QED) is 0.104. The zero-order chi connectivity index (χ0) is 37.2. The summed E-state index contributed by atoms with van der Waals surface area (Å²) in [5.41, 5.74) is 15.0. The second-order valence-corrected chi connectivity index (χ2v) is 16.4. The molecule has 0 aliphatic rings. The Hall–Kier alpha value is -6.54. The van der Waals surface area contributed by atoms with E-state index in [1.807, 2.05) is 48.5 Å². The van der Waals surface area contributed by atoms with Crippen LogP contribution in [0.5, 0.6) is 23.0 Å². The number of methoxy groups -OCH3 is 4. The molecule has 7 heteroatoms. The summed E-state index contributed by atoms with van der Waals surface area (Å²) in [7, 11) is 4.51. The van der Waals surface area contributed by atoms with Gasteiger partial charge >= 0.3 is 0 Å². The van der Waals surface area contributed by atoms with Gasteiger partial charge in [-0.15, -0.1) is 11.1 Å². The molecule has 0 aromatic heterocycles. The fourth-order valence-corrected chi connectivity index (χ4v) is 6.67. The van der Waals surface area contributed by atoms with Crippen molar-refractivity contribution in [2.45, 2.75) is 13.1 Å². The molecule has 0 amide bonds. The van der Waals surface area contributed by atoms with E-state index in [1.165, 1.54) is 0 Å². The van der Waals surface area contributed by atoms with Gasteiger partial charge in [0.15, 0.2) is 0 Å². The number of anilines is 6. The van der Waals surface area contributed by atoms with Gasteiger partial charge in [-0.25, -0.2) is 0 Å². The van der Waals surface area contributed by atoms with Crippen LogP contribution in [0.3, 0.4) is 0 Å². The Morgan fingerprint density at radius 2 is 0.547 bits per heavy atom. The lowest BCUT2D eigenvalue weighted by Crippen LogP contribution is -2.21. The highest BCUT2D eigenvalue weighted by Crippen LogP contribution is 2.37. The number of nitrogens with zero attached hydrogens (tertiary/aromatic N) is 2. The molecule has 0 saturated carbocycles. The maximum atomic E-state index is 5.39. The van der Waals surface area contributed by atoms with Crippen LogP contribution in [0, 0.1) is 22.9 Å². The van der Waals surface area contributed by atoms with Gasteiger partial charge in [0, 0.05) is 45.3 Å². The minimum absolute atomic E-state index is 0.807. The predicted molar refractivity (Wildman–Crippen MR) is 220 cm³/mol. The average Bonchev–Trinajstić information content (AvgIpc) is 3.21. The summed E-state index contributed by atoms with van der Waals surface area (Å²) in [4.78, 5) is 4.39. The van der Waals surface area contributed by atoms with Gasteiger partial charge in [-0.05, 0) is 159 Å². The van der Waals surface area contributed by atoms with Crippen LogP contribution >= 0.6 is 0 Å². The van der Waals surface area contributed by atoms with Crippen molar-refractivity contribution in [3.8, 4) is 45.9 Å². The van der Waals surface area contributed by atoms with Crippen LogP contribution in [-0.4, -0.2) is 36.5 Å². The summed E-state index contributed by atoms with van der Waals surface area (Å²) in [5.74, 6) is 10.0. The SMILES string of the molecule is COc1ccc(N(c2ccc(C#C[Si](C)(C)C#Cc3ccc(N(c4ccc(OC)cc4)c4ccc(OC)cc4)cc3)cc2)c2ccc(OC)cc2)cc1. The van der Waals surface area contributed by atoms with Gasteiger partial charge in [0.05, 0.1) is 28.4 Å². The summed E-state index contributed by atoms with van der Waals surface area (Å²) in [5, 5.41) is 0. The molecule has 0 spiro atoms. The van der Waals surface area contributed by atoms with Gasteiger partial charge in [-0.1, -0.05) is 11.8 Å². The molecule has 0 saturated heterocycles. The highest BCUT2D eigenvalue weighted by Gasteiger charge is 2.16. The highest BCUT2D eigenvalue weighted by molar-refractivity contribution is 6.92. The van der Waals surface area contributed by atoms with Crippen LogP contribution in [0.15, 0.2) is 146 Å². The third-order valence-corrected chi connectivity index (χ3v) is 10.1. The summed E-state index contributed by atoms with van der Waals surface area (Å²) in [6, 6.07) is 48.8. The summed E-state index contributed by atoms with van der Waals surface area (Å²) in [6.45, 7) is 4.36. The largest absolute Gasteiger partial charge is 0.497 e. The zero-order valence-corrected chi connectivity index (χ0v) is 31.9. The maximum Gasteiger partial charge on any atom is 0.211 e. The van der Waals surface area contributed by atoms with E-state index < -0.39 is 8.07 Å². The van der Waals surface area contributed by atoms with E-state index in [2.05, 4.69) is 143 Å². The van der Waals surface area contributed by atoms with Crippen molar-refractivity contribution in [3.05, 3.63) is 157 Å². The molecule has 0 unspecified atom stereocenters. The van der Waals surface area contributed by atoms with Gasteiger partial charge in [0.1, 0.15) is 23.0 Å². The third kappa shape index (κ3) is 9.04. The van der Waals surface area contributed by atoms with Crippen LogP contribution in [0.4, 0.5) is 34.1 Å². The van der Waals surface area contributed by atoms with Crippen molar-refractivity contribution in [2.75, 3.05) is 38.2 Å². The van der Waals surface area contributed by atoms with Gasteiger partial charge in [-0.3, -0.25) is 0 Å². The second-order valence-electron chi connectivity index (χ2n) is 12.7. The number of rotatable bonds is 10. The molecule has 0 N–H and O–H groups in total. The molecule has 0 aliphatic heterocycles. The molecule has 53 heavy (non-hydrogen) atoms. The standard InChI is InChI=1S/C46H42N2O4Si/c1-49-43-23-15-39(16-24-43)47(40-17-25-44(50-2)26-18-40)37-11-7-35(8-12-37)31-33-53(5,6)34-32-36-9-13-38(14-10-36)48(41-19-27-45(51-3)28-20-41)42-21-29-46(52-4)30-22-42/h7-30H,1-6H3. The Morgan fingerprint density at radius 3 is 0.755 bits per heavy atom. The molecule has 6 rings (SSSR count). The molecular formula is C46H42N2O4Si. The normalized spacial score (nSPS) is 10.5. The molecular weight excluding hydrogens is 673 g/mol. The Labute approximate surface area is 314 Å². The van der Waals surface area contributed by atoms with Crippen molar-refractivity contribution in [1.29, 1.82) is 0 Å². The van der Waals surface area contributed by atoms with Crippen molar-refractivity contribution in [3.63, 3.8) is 0 Å². The first-order valence-corrected chi connectivity index (χ1v) is 20.2. The number of hydrogen-bond donors (Lipinski definition) is 0. The van der Waals surface area contributed by atoms with Gasteiger partial charge in [0.2, 0.25) is 8.07 Å². The van der Waals surface area contributed by atoms with Crippen molar-refractivity contribution < 1.29 is 18.9 Å². The molecule has 264 valence electrons. The number of ether oxygens (including phenoxy) is 4. The first kappa shape index (κ1) is 36.3. The fourth-order valence-electron chi connectivity index (χ4n) is 5.70. The van der Waals surface area contributed by atoms with E-state index in [9.17, 15) is 0 Å². The smallest absolute Gasteiger partial charge is 0.211 e. The molecule has 6 nitrogen and oxygen atoms in total. The molecule has 6 aromatic carbocycles. The summed E-state index contributed by atoms with van der Waals surface area (Å²) < 4.78 is 21.6. The number of hydrogen-bond acceptors (Lipinski definition) is 6. The fraction of sp³-hybridized carbons (Fsp3) is 0.130. The molecule has 0 radical (unpaired) electrons. The summed E-state index contributed by atoms with van der Waals surface area (Å²) in [6.07, 6.45) is 0. The first-order chi connectivity index (χ1) is 25.8. The van der Waals surface area contributed by atoms with E-state index >= 15 is 0 Å². The van der Waals surface area contributed by atoms with E-state index in [0.717, 1.165) is 68.2 Å². The van der Waals surface area contributed by atoms with Crippen LogP contribution < -0.4 is 28.7 Å². The highest BCUT2D eigenvalue weighted by atomic mass is 28.3. The van der Waals surface area contributed by atoms with E-state index in [0.29, 0.717) is 0 Å². The Kier molecular flexibility index (Phi) is 11.4. The van der Waals surface area contributed by atoms with Crippen LogP contribution in [-0.2, 0) is 0 Å². The van der Waals surface area contributed by atoms with E-state index in [4.69, 9.17) is 18.9 Å². The minimum atomic E-state index is -2.18. The topological polar surface area (TPSA) is 43.4 Å². The van der Waals surface area contributed by atoms with Crippen LogP contribution in [0.2, 0.25) is 13.1 Å². The predicted octanol–water partition coefficient (Wildman–Crippen LogP) is 10.9. The summed E-state index contributed by atoms with van der Waals surface area (Å²) >= 11 is 0. The molecule has 0 heterocycles. The molecule has 0 bridgehead atoms. The Balaban J connectivity index is 1.20. The third-order valence-electron chi connectivity index (χ3n) is 8.61. The Morgan fingerprint density at radius 1 is 0.340 bits per heavy atom. The van der Waals surface area contributed by atoms with Gasteiger partial charge in [0.25, 0.3) is 0 Å². The minimum Gasteiger partial charge on any atom is -0.497 e. The van der Waals surface area contributed by atoms with Crippen LogP contribution in [0.25, 0.3) is 0 Å². The molecule has 0 fully saturated rings.